The van der Waals surface area contributed by atoms with E-state index in [1.54, 1.807) is 0 Å². The maximum absolute atomic E-state index is 12.6. The molecule has 1 rings (SSSR count). The summed E-state index contributed by atoms with van der Waals surface area (Å²) >= 11 is 3.18. The number of allylic oxidation sites excluding steroid dienone is 1. The van der Waals surface area contributed by atoms with Crippen LogP contribution in [0.5, 0.6) is 0 Å². The van der Waals surface area contributed by atoms with Crippen LogP contribution in [0.3, 0.4) is 0 Å². The average molecular weight is 233 g/mol. The SMILES string of the molecule is C=C(CBr)c1ccc(F)c(F)c1. The molecule has 0 aromatic heterocycles. The minimum Gasteiger partial charge on any atom is -0.204 e. The molecule has 12 heavy (non-hydrogen) atoms. The number of halogens is 3. The summed E-state index contributed by atoms with van der Waals surface area (Å²) in [6.07, 6.45) is 0. The van der Waals surface area contributed by atoms with Crippen LogP contribution >= 0.6 is 15.9 Å². The van der Waals surface area contributed by atoms with Crippen molar-refractivity contribution in [2.24, 2.45) is 0 Å². The molecule has 0 saturated carbocycles. The summed E-state index contributed by atoms with van der Waals surface area (Å²) in [4.78, 5) is 0. The Balaban J connectivity index is 3.05. The number of hydrogen-bond acceptors (Lipinski definition) is 0. The molecular weight excluding hydrogens is 226 g/mol. The first-order valence-corrected chi connectivity index (χ1v) is 4.46. The van der Waals surface area contributed by atoms with E-state index < -0.39 is 11.6 Å². The third-order valence-corrected chi connectivity index (χ3v) is 2.17. The topological polar surface area (TPSA) is 0 Å². The molecule has 0 unspecified atom stereocenters. The van der Waals surface area contributed by atoms with Crippen LogP contribution in [0.2, 0.25) is 0 Å². The lowest BCUT2D eigenvalue weighted by atomic mass is 10.1. The molecule has 0 N–H and O–H groups in total. The van der Waals surface area contributed by atoms with Gasteiger partial charge in [-0.3, -0.25) is 0 Å². The first kappa shape index (κ1) is 9.39. The van der Waals surface area contributed by atoms with Crippen molar-refractivity contribution in [3.8, 4) is 0 Å². The quantitative estimate of drug-likeness (QED) is 0.687. The van der Waals surface area contributed by atoms with Gasteiger partial charge >= 0.3 is 0 Å². The van der Waals surface area contributed by atoms with Gasteiger partial charge in [-0.05, 0) is 23.3 Å². The largest absolute Gasteiger partial charge is 0.204 e. The second kappa shape index (κ2) is 3.81. The summed E-state index contributed by atoms with van der Waals surface area (Å²) in [5.74, 6) is -1.67. The zero-order valence-corrected chi connectivity index (χ0v) is 7.87. The van der Waals surface area contributed by atoms with Gasteiger partial charge in [-0.15, -0.1) is 0 Å². The molecule has 0 heterocycles. The van der Waals surface area contributed by atoms with Crippen molar-refractivity contribution in [3.05, 3.63) is 42.0 Å². The van der Waals surface area contributed by atoms with Crippen LogP contribution in [0.15, 0.2) is 24.8 Å². The minimum atomic E-state index is -0.838. The highest BCUT2D eigenvalue weighted by molar-refractivity contribution is 9.09. The molecule has 0 aliphatic carbocycles. The Morgan fingerprint density at radius 1 is 1.33 bits per heavy atom. The molecule has 0 saturated heterocycles. The van der Waals surface area contributed by atoms with E-state index >= 15 is 0 Å². The molecule has 0 aliphatic heterocycles. The lowest BCUT2D eigenvalue weighted by Gasteiger charge is -2.01. The zero-order valence-electron chi connectivity index (χ0n) is 6.28. The summed E-state index contributed by atoms with van der Waals surface area (Å²) < 4.78 is 25.1. The number of alkyl halides is 1. The Morgan fingerprint density at radius 2 is 2.00 bits per heavy atom. The predicted octanol–water partition coefficient (Wildman–Crippen LogP) is 3.37. The Hall–Kier alpha value is -0.700. The van der Waals surface area contributed by atoms with Gasteiger partial charge in [0.1, 0.15) is 0 Å². The summed E-state index contributed by atoms with van der Waals surface area (Å²) in [5.41, 5.74) is 1.35. The van der Waals surface area contributed by atoms with Gasteiger partial charge in [0.25, 0.3) is 0 Å². The highest BCUT2D eigenvalue weighted by Crippen LogP contribution is 2.17. The lowest BCUT2D eigenvalue weighted by molar-refractivity contribution is 0.508. The molecule has 0 fully saturated rings. The fourth-order valence-electron chi connectivity index (χ4n) is 0.793. The van der Waals surface area contributed by atoms with E-state index in [0.29, 0.717) is 10.9 Å². The molecule has 0 nitrogen and oxygen atoms in total. The van der Waals surface area contributed by atoms with E-state index in [1.807, 2.05) is 0 Å². The summed E-state index contributed by atoms with van der Waals surface area (Å²) in [6, 6.07) is 3.74. The molecule has 1 aromatic rings. The van der Waals surface area contributed by atoms with E-state index in [-0.39, 0.29) is 0 Å². The summed E-state index contributed by atoms with van der Waals surface area (Å²) in [6.45, 7) is 3.68. The number of rotatable bonds is 2. The molecule has 0 bridgehead atoms. The van der Waals surface area contributed by atoms with E-state index in [9.17, 15) is 8.78 Å². The maximum atomic E-state index is 12.6. The van der Waals surface area contributed by atoms with Crippen LogP contribution in [-0.2, 0) is 0 Å². The van der Waals surface area contributed by atoms with Gasteiger partial charge in [0, 0.05) is 5.33 Å². The fraction of sp³-hybridized carbons (Fsp3) is 0.111. The standard InChI is InChI=1S/C9H7BrF2/c1-6(5-10)7-2-3-8(11)9(12)4-7/h2-4H,1,5H2. The molecule has 3 heteroatoms. The number of benzene rings is 1. The summed E-state index contributed by atoms with van der Waals surface area (Å²) in [7, 11) is 0. The van der Waals surface area contributed by atoms with E-state index in [2.05, 4.69) is 22.5 Å². The van der Waals surface area contributed by atoms with E-state index in [1.165, 1.54) is 6.07 Å². The maximum Gasteiger partial charge on any atom is 0.159 e. The molecule has 0 aliphatic rings. The molecular formula is C9H7BrF2. The normalized spacial score (nSPS) is 9.92. The van der Waals surface area contributed by atoms with Crippen molar-refractivity contribution < 1.29 is 8.78 Å². The third kappa shape index (κ3) is 1.91. The molecule has 64 valence electrons. The Morgan fingerprint density at radius 3 is 2.50 bits per heavy atom. The van der Waals surface area contributed by atoms with Gasteiger partial charge in [0.15, 0.2) is 11.6 Å². The summed E-state index contributed by atoms with van der Waals surface area (Å²) in [5, 5.41) is 0.554. The highest BCUT2D eigenvalue weighted by Gasteiger charge is 2.03. The molecule has 0 atom stereocenters. The van der Waals surface area contributed by atoms with Crippen molar-refractivity contribution in [2.75, 3.05) is 5.33 Å². The van der Waals surface area contributed by atoms with Crippen molar-refractivity contribution in [1.82, 2.24) is 0 Å². The zero-order chi connectivity index (χ0) is 9.14. The van der Waals surface area contributed by atoms with Gasteiger partial charge in [0.2, 0.25) is 0 Å². The Labute approximate surface area is 78.0 Å². The molecule has 1 aromatic carbocycles. The molecule has 0 radical (unpaired) electrons. The van der Waals surface area contributed by atoms with Gasteiger partial charge < -0.3 is 0 Å². The van der Waals surface area contributed by atoms with Gasteiger partial charge in [-0.25, -0.2) is 8.78 Å². The van der Waals surface area contributed by atoms with Crippen LogP contribution in [0, 0.1) is 11.6 Å². The third-order valence-electron chi connectivity index (χ3n) is 1.49. The number of hydrogen-bond donors (Lipinski definition) is 0. The Bertz CT molecular complexity index is 307. The van der Waals surface area contributed by atoms with Crippen molar-refractivity contribution in [2.45, 2.75) is 0 Å². The molecule has 0 spiro atoms. The van der Waals surface area contributed by atoms with Crippen LogP contribution in [0.25, 0.3) is 5.57 Å². The van der Waals surface area contributed by atoms with Crippen molar-refractivity contribution in [1.29, 1.82) is 0 Å². The lowest BCUT2D eigenvalue weighted by Crippen LogP contribution is -1.88. The van der Waals surface area contributed by atoms with E-state index in [0.717, 1.165) is 17.7 Å². The van der Waals surface area contributed by atoms with Crippen LogP contribution < -0.4 is 0 Å². The smallest absolute Gasteiger partial charge is 0.159 e. The van der Waals surface area contributed by atoms with Crippen LogP contribution in [0.1, 0.15) is 5.56 Å². The monoisotopic (exact) mass is 232 g/mol. The Kier molecular flexibility index (Phi) is 2.98. The van der Waals surface area contributed by atoms with Crippen molar-refractivity contribution in [3.63, 3.8) is 0 Å². The fourth-order valence-corrected chi connectivity index (χ4v) is 1.12. The second-order valence-corrected chi connectivity index (χ2v) is 2.93. The molecule has 0 amide bonds. The first-order valence-electron chi connectivity index (χ1n) is 3.34. The van der Waals surface area contributed by atoms with Gasteiger partial charge in [0.05, 0.1) is 0 Å². The van der Waals surface area contributed by atoms with Crippen LogP contribution in [0.4, 0.5) is 8.78 Å². The van der Waals surface area contributed by atoms with Gasteiger partial charge in [-0.1, -0.05) is 28.6 Å². The van der Waals surface area contributed by atoms with Gasteiger partial charge in [-0.2, -0.15) is 0 Å². The van der Waals surface area contributed by atoms with Crippen LogP contribution in [-0.4, -0.2) is 5.33 Å². The average Bonchev–Trinajstić information content (AvgIpc) is 2.08. The second-order valence-electron chi connectivity index (χ2n) is 2.37. The highest BCUT2D eigenvalue weighted by atomic mass is 79.9. The first-order chi connectivity index (χ1) is 5.65. The predicted molar refractivity (Wildman–Crippen MR) is 49.2 cm³/mol. The van der Waals surface area contributed by atoms with Crippen molar-refractivity contribution >= 4 is 21.5 Å². The van der Waals surface area contributed by atoms with E-state index in [4.69, 9.17) is 0 Å². The minimum absolute atomic E-state index is 0.554.